The van der Waals surface area contributed by atoms with Gasteiger partial charge >= 0.3 is 0 Å². The Hall–Kier alpha value is -0.590. The molecule has 3 nitrogen and oxygen atoms in total. The number of nitrogen functional groups attached to an aromatic ring is 1. The number of anilines is 1. The van der Waals surface area contributed by atoms with Gasteiger partial charge in [0.1, 0.15) is 11.6 Å². The molecule has 0 amide bonds. The third-order valence-corrected chi connectivity index (χ3v) is 4.65. The second-order valence-corrected chi connectivity index (χ2v) is 7.77. The van der Waals surface area contributed by atoms with Crippen molar-refractivity contribution in [1.82, 2.24) is 9.97 Å². The van der Waals surface area contributed by atoms with Crippen LogP contribution in [-0.4, -0.2) is 9.97 Å². The fraction of sp³-hybridized carbons (Fsp3) is 0.333. The van der Waals surface area contributed by atoms with Crippen molar-refractivity contribution in [3.05, 3.63) is 48.9 Å². The summed E-state index contributed by atoms with van der Waals surface area (Å²) in [6, 6.07) is 5.42. The number of halogens is 3. The highest BCUT2D eigenvalue weighted by Gasteiger charge is 2.22. The average Bonchev–Trinajstić information content (AvgIpc) is 2.35. The van der Waals surface area contributed by atoms with E-state index >= 15 is 0 Å². The largest absolute Gasteiger partial charge is 0.383 e. The molecule has 0 radical (unpaired) electrons. The Morgan fingerprint density at radius 2 is 1.86 bits per heavy atom. The van der Waals surface area contributed by atoms with Gasteiger partial charge in [-0.15, -0.1) is 0 Å². The SMILES string of the molecule is CC(C)(C)c1nc(Cc2ccc(Cl)cc2Cl)nc(N)c1I. The van der Waals surface area contributed by atoms with Crippen molar-refractivity contribution in [2.75, 3.05) is 5.73 Å². The predicted octanol–water partition coefficient (Wildman–Crippen LogP) is 4.86. The first kappa shape index (κ1) is 16.8. The maximum Gasteiger partial charge on any atom is 0.140 e. The molecule has 1 aromatic carbocycles. The van der Waals surface area contributed by atoms with E-state index in [0.717, 1.165) is 14.8 Å². The number of nitrogens with zero attached hydrogens (tertiary/aromatic N) is 2. The molecule has 0 aliphatic rings. The number of benzene rings is 1. The van der Waals surface area contributed by atoms with Crippen molar-refractivity contribution in [2.24, 2.45) is 0 Å². The van der Waals surface area contributed by atoms with Gasteiger partial charge in [-0.3, -0.25) is 0 Å². The van der Waals surface area contributed by atoms with Crippen LogP contribution in [0.15, 0.2) is 18.2 Å². The Balaban J connectivity index is 2.43. The minimum atomic E-state index is -0.0911. The van der Waals surface area contributed by atoms with Crippen LogP contribution in [0.3, 0.4) is 0 Å². The molecule has 6 heteroatoms. The highest BCUT2D eigenvalue weighted by Crippen LogP contribution is 2.29. The van der Waals surface area contributed by atoms with Gasteiger partial charge in [0, 0.05) is 21.9 Å². The molecule has 2 rings (SSSR count). The quantitative estimate of drug-likeness (QED) is 0.685. The van der Waals surface area contributed by atoms with Gasteiger partial charge in [0.2, 0.25) is 0 Å². The monoisotopic (exact) mass is 435 g/mol. The van der Waals surface area contributed by atoms with E-state index in [1.54, 1.807) is 6.07 Å². The topological polar surface area (TPSA) is 51.8 Å². The van der Waals surface area contributed by atoms with Crippen LogP contribution < -0.4 is 5.73 Å². The Bertz CT molecular complexity index is 681. The van der Waals surface area contributed by atoms with Crippen molar-refractivity contribution in [2.45, 2.75) is 32.6 Å². The first-order valence-corrected chi connectivity index (χ1v) is 8.28. The zero-order chi connectivity index (χ0) is 15.8. The minimum absolute atomic E-state index is 0.0911. The molecule has 1 heterocycles. The van der Waals surface area contributed by atoms with Gasteiger partial charge < -0.3 is 5.73 Å². The van der Waals surface area contributed by atoms with Crippen molar-refractivity contribution in [1.29, 1.82) is 0 Å². The van der Waals surface area contributed by atoms with Gasteiger partial charge in [-0.25, -0.2) is 9.97 Å². The molecular weight excluding hydrogens is 420 g/mol. The smallest absolute Gasteiger partial charge is 0.140 e. The Morgan fingerprint density at radius 3 is 2.43 bits per heavy atom. The van der Waals surface area contributed by atoms with Gasteiger partial charge in [-0.2, -0.15) is 0 Å². The summed E-state index contributed by atoms with van der Waals surface area (Å²) < 4.78 is 0.908. The zero-order valence-electron chi connectivity index (χ0n) is 12.0. The Labute approximate surface area is 148 Å². The Kier molecular flexibility index (Phi) is 5.00. The molecule has 0 saturated carbocycles. The van der Waals surface area contributed by atoms with Crippen LogP contribution in [0.1, 0.15) is 37.9 Å². The maximum absolute atomic E-state index is 6.21. The van der Waals surface area contributed by atoms with Crippen LogP contribution in [0.2, 0.25) is 10.0 Å². The normalized spacial score (nSPS) is 11.7. The zero-order valence-corrected chi connectivity index (χ0v) is 15.7. The Morgan fingerprint density at radius 1 is 1.19 bits per heavy atom. The molecular formula is C15H16Cl2IN3. The van der Waals surface area contributed by atoms with Gasteiger partial charge in [-0.05, 0) is 40.3 Å². The highest BCUT2D eigenvalue weighted by molar-refractivity contribution is 14.1. The summed E-state index contributed by atoms with van der Waals surface area (Å²) in [4.78, 5) is 9.05. The number of hydrogen-bond acceptors (Lipinski definition) is 3. The molecule has 1 aromatic heterocycles. The number of hydrogen-bond donors (Lipinski definition) is 1. The molecule has 0 saturated heterocycles. The van der Waals surface area contributed by atoms with E-state index in [4.69, 9.17) is 28.9 Å². The molecule has 0 fully saturated rings. The van der Waals surface area contributed by atoms with E-state index in [1.165, 1.54) is 0 Å². The van der Waals surface area contributed by atoms with Crippen LogP contribution in [0.5, 0.6) is 0 Å². The van der Waals surface area contributed by atoms with Crippen LogP contribution in [0, 0.1) is 3.57 Å². The fourth-order valence-electron chi connectivity index (χ4n) is 1.92. The van der Waals surface area contributed by atoms with Crippen LogP contribution in [-0.2, 0) is 11.8 Å². The lowest BCUT2D eigenvalue weighted by molar-refractivity contribution is 0.559. The minimum Gasteiger partial charge on any atom is -0.383 e. The van der Waals surface area contributed by atoms with Gasteiger partial charge in [0.15, 0.2) is 0 Å². The first-order chi connectivity index (χ1) is 9.68. The van der Waals surface area contributed by atoms with Crippen LogP contribution >= 0.6 is 45.8 Å². The van der Waals surface area contributed by atoms with E-state index < -0.39 is 0 Å². The van der Waals surface area contributed by atoms with Gasteiger partial charge in [0.25, 0.3) is 0 Å². The predicted molar refractivity (Wildman–Crippen MR) is 97.1 cm³/mol. The summed E-state index contributed by atoms with van der Waals surface area (Å²) in [5.41, 5.74) is 7.82. The average molecular weight is 436 g/mol. The van der Waals surface area contributed by atoms with E-state index in [0.29, 0.717) is 28.1 Å². The number of aromatic nitrogens is 2. The van der Waals surface area contributed by atoms with Crippen LogP contribution in [0.4, 0.5) is 5.82 Å². The first-order valence-electron chi connectivity index (χ1n) is 6.45. The van der Waals surface area contributed by atoms with E-state index in [-0.39, 0.29) is 5.41 Å². The second-order valence-electron chi connectivity index (χ2n) is 5.85. The standard InChI is InChI=1S/C15H16Cl2IN3/c1-15(2,3)13-12(18)14(19)21-11(20-13)6-8-4-5-9(16)7-10(8)17/h4-5,7H,6H2,1-3H3,(H2,19,20,21). The molecule has 21 heavy (non-hydrogen) atoms. The van der Waals surface area contributed by atoms with Crippen molar-refractivity contribution in [3.8, 4) is 0 Å². The molecule has 0 bridgehead atoms. The van der Waals surface area contributed by atoms with Crippen molar-refractivity contribution < 1.29 is 0 Å². The highest BCUT2D eigenvalue weighted by atomic mass is 127. The lowest BCUT2D eigenvalue weighted by Crippen LogP contribution is -2.19. The summed E-state index contributed by atoms with van der Waals surface area (Å²) in [7, 11) is 0. The third kappa shape index (κ3) is 3.99. The summed E-state index contributed by atoms with van der Waals surface area (Å²) in [6.07, 6.45) is 0.528. The number of rotatable bonds is 2. The summed E-state index contributed by atoms with van der Waals surface area (Å²) in [5.74, 6) is 1.18. The van der Waals surface area contributed by atoms with Gasteiger partial charge in [-0.1, -0.05) is 50.0 Å². The third-order valence-electron chi connectivity index (χ3n) is 3.00. The summed E-state index contributed by atoms with van der Waals surface area (Å²) in [5, 5.41) is 1.22. The van der Waals surface area contributed by atoms with Crippen molar-refractivity contribution >= 4 is 51.6 Å². The van der Waals surface area contributed by atoms with E-state index in [2.05, 4.69) is 53.3 Å². The van der Waals surface area contributed by atoms with E-state index in [9.17, 15) is 0 Å². The van der Waals surface area contributed by atoms with Crippen molar-refractivity contribution in [3.63, 3.8) is 0 Å². The maximum atomic E-state index is 6.21. The number of nitrogens with two attached hydrogens (primary N) is 1. The second kappa shape index (κ2) is 6.26. The molecule has 0 aliphatic heterocycles. The van der Waals surface area contributed by atoms with Gasteiger partial charge in [0.05, 0.1) is 9.26 Å². The molecule has 0 unspecified atom stereocenters. The van der Waals surface area contributed by atoms with Crippen LogP contribution in [0.25, 0.3) is 0 Å². The molecule has 2 aromatic rings. The fourth-order valence-corrected chi connectivity index (χ4v) is 3.45. The van der Waals surface area contributed by atoms with E-state index in [1.807, 2.05) is 12.1 Å². The molecule has 0 spiro atoms. The molecule has 112 valence electrons. The summed E-state index contributed by atoms with van der Waals surface area (Å²) in [6.45, 7) is 6.32. The summed E-state index contributed by atoms with van der Waals surface area (Å²) >= 11 is 14.3. The molecule has 2 N–H and O–H groups in total. The lowest BCUT2D eigenvalue weighted by atomic mass is 9.92. The lowest BCUT2D eigenvalue weighted by Gasteiger charge is -2.21. The molecule has 0 atom stereocenters. The molecule has 0 aliphatic carbocycles.